The third-order valence-corrected chi connectivity index (χ3v) is 5.06. The molecule has 1 aromatic rings. The largest absolute Gasteiger partial charge is 0.478 e. The fourth-order valence-corrected chi connectivity index (χ4v) is 5.41. The number of benzene rings is 1. The minimum atomic E-state index is -1.61. The van der Waals surface area contributed by atoms with Crippen LogP contribution in [0.25, 0.3) is 0 Å². The van der Waals surface area contributed by atoms with Crippen LogP contribution in [-0.2, 0) is 0 Å². The monoisotopic (exact) mass is 272 g/mol. The van der Waals surface area contributed by atoms with E-state index < -0.39 is 14.0 Å². The highest BCUT2D eigenvalue weighted by Crippen LogP contribution is 2.16. The van der Waals surface area contributed by atoms with Crippen LogP contribution in [0.2, 0.25) is 19.6 Å². The predicted molar refractivity (Wildman–Crippen MR) is 64.1 cm³/mol. The Morgan fingerprint density at radius 2 is 1.93 bits per heavy atom. The highest BCUT2D eigenvalue weighted by molar-refractivity contribution is 9.10. The van der Waals surface area contributed by atoms with E-state index in [2.05, 4.69) is 35.6 Å². The van der Waals surface area contributed by atoms with Crippen molar-refractivity contribution < 1.29 is 9.90 Å². The molecule has 2 nitrogen and oxygen atoms in total. The number of carbonyl (C=O) groups is 1. The lowest BCUT2D eigenvalue weighted by Crippen LogP contribution is -2.42. The second kappa shape index (κ2) is 3.86. The Morgan fingerprint density at radius 3 is 2.29 bits per heavy atom. The molecule has 0 heterocycles. The Bertz CT molecular complexity index is 369. The molecule has 0 atom stereocenters. The summed E-state index contributed by atoms with van der Waals surface area (Å²) in [6, 6.07) is 5.33. The summed E-state index contributed by atoms with van der Waals surface area (Å²) in [5, 5.41) is 10.0. The molecule has 0 aromatic heterocycles. The number of hydrogen-bond acceptors (Lipinski definition) is 1. The summed E-state index contributed by atoms with van der Waals surface area (Å²) >= 11 is 3.42. The molecule has 0 saturated heterocycles. The van der Waals surface area contributed by atoms with Gasteiger partial charge in [-0.25, -0.2) is 4.79 Å². The Kier molecular flexibility index (Phi) is 3.16. The lowest BCUT2D eigenvalue weighted by atomic mass is 10.2. The van der Waals surface area contributed by atoms with Crippen molar-refractivity contribution in [3.63, 3.8) is 0 Å². The molecule has 0 radical (unpaired) electrons. The van der Waals surface area contributed by atoms with Gasteiger partial charge in [-0.3, -0.25) is 0 Å². The van der Waals surface area contributed by atoms with Gasteiger partial charge in [0.2, 0.25) is 0 Å². The SMILES string of the molecule is C[Si](C)(C)c1c(Br)cccc1C(=O)O. The van der Waals surface area contributed by atoms with Crippen LogP contribution in [0.1, 0.15) is 10.4 Å². The van der Waals surface area contributed by atoms with Gasteiger partial charge >= 0.3 is 5.97 Å². The quantitative estimate of drug-likeness (QED) is 0.841. The molecule has 0 aliphatic rings. The Labute approximate surface area is 93.1 Å². The molecule has 0 unspecified atom stereocenters. The maximum atomic E-state index is 11.0. The molecule has 0 aliphatic heterocycles. The van der Waals surface area contributed by atoms with Crippen LogP contribution in [0.3, 0.4) is 0 Å². The van der Waals surface area contributed by atoms with Crippen molar-refractivity contribution in [3.8, 4) is 0 Å². The molecule has 14 heavy (non-hydrogen) atoms. The number of rotatable bonds is 2. The summed E-state index contributed by atoms with van der Waals surface area (Å²) in [4.78, 5) is 11.0. The standard InChI is InChI=1S/C10H13BrO2Si/c1-14(2,3)9-7(10(12)13)5-4-6-8(9)11/h4-6H,1-3H3,(H,12,13). The molecule has 1 N–H and O–H groups in total. The van der Waals surface area contributed by atoms with E-state index >= 15 is 0 Å². The first kappa shape index (κ1) is 11.5. The maximum absolute atomic E-state index is 11.0. The zero-order valence-electron chi connectivity index (χ0n) is 8.47. The summed E-state index contributed by atoms with van der Waals surface area (Å²) in [5.41, 5.74) is 0.429. The van der Waals surface area contributed by atoms with E-state index in [1.807, 2.05) is 6.07 Å². The number of carboxylic acids is 1. The number of halogens is 1. The Balaban J connectivity index is 3.45. The summed E-state index contributed by atoms with van der Waals surface area (Å²) in [6.07, 6.45) is 0. The minimum Gasteiger partial charge on any atom is -0.478 e. The molecule has 0 spiro atoms. The first-order valence-corrected chi connectivity index (χ1v) is 8.65. The highest BCUT2D eigenvalue weighted by atomic mass is 79.9. The van der Waals surface area contributed by atoms with E-state index in [0.717, 1.165) is 9.66 Å². The zero-order chi connectivity index (χ0) is 10.9. The first-order valence-electron chi connectivity index (χ1n) is 4.36. The molecule has 4 heteroatoms. The molecular formula is C10H13BrO2Si. The predicted octanol–water partition coefficient (Wildman–Crippen LogP) is 2.69. The third-order valence-electron chi connectivity index (χ3n) is 1.99. The van der Waals surface area contributed by atoms with Crippen molar-refractivity contribution in [1.82, 2.24) is 0 Å². The summed E-state index contributed by atoms with van der Waals surface area (Å²) in [7, 11) is -1.61. The van der Waals surface area contributed by atoms with Crippen molar-refractivity contribution in [3.05, 3.63) is 28.2 Å². The normalized spacial score (nSPS) is 11.4. The van der Waals surface area contributed by atoms with Crippen molar-refractivity contribution in [2.75, 3.05) is 0 Å². The first-order chi connectivity index (χ1) is 6.34. The van der Waals surface area contributed by atoms with Gasteiger partial charge < -0.3 is 5.11 Å². The average molecular weight is 273 g/mol. The summed E-state index contributed by atoms with van der Waals surface area (Å²) in [6.45, 7) is 6.42. The molecule has 0 fully saturated rings. The maximum Gasteiger partial charge on any atom is 0.335 e. The fraction of sp³-hybridized carbons (Fsp3) is 0.300. The van der Waals surface area contributed by atoms with Gasteiger partial charge in [-0.1, -0.05) is 41.6 Å². The van der Waals surface area contributed by atoms with E-state index in [9.17, 15) is 4.79 Å². The zero-order valence-corrected chi connectivity index (χ0v) is 11.1. The molecular weight excluding hydrogens is 260 g/mol. The van der Waals surface area contributed by atoms with Crippen LogP contribution < -0.4 is 5.19 Å². The second-order valence-electron chi connectivity index (χ2n) is 4.22. The van der Waals surface area contributed by atoms with Crippen LogP contribution in [0.15, 0.2) is 22.7 Å². The van der Waals surface area contributed by atoms with Crippen LogP contribution in [-0.4, -0.2) is 19.1 Å². The molecule has 0 aliphatic carbocycles. The van der Waals surface area contributed by atoms with E-state index in [-0.39, 0.29) is 0 Å². The Hall–Kier alpha value is -0.613. The van der Waals surface area contributed by atoms with Crippen molar-refractivity contribution >= 4 is 35.2 Å². The van der Waals surface area contributed by atoms with Crippen molar-refractivity contribution in [1.29, 1.82) is 0 Å². The van der Waals surface area contributed by atoms with Gasteiger partial charge in [0.1, 0.15) is 0 Å². The minimum absolute atomic E-state index is 0.429. The van der Waals surface area contributed by atoms with Crippen LogP contribution in [0, 0.1) is 0 Å². The molecule has 0 amide bonds. The van der Waals surface area contributed by atoms with Gasteiger partial charge in [0.15, 0.2) is 0 Å². The molecule has 1 rings (SSSR count). The molecule has 0 bridgehead atoms. The van der Waals surface area contributed by atoms with E-state index in [0.29, 0.717) is 5.56 Å². The number of hydrogen-bond donors (Lipinski definition) is 1. The van der Waals surface area contributed by atoms with Gasteiger partial charge in [-0.2, -0.15) is 0 Å². The second-order valence-corrected chi connectivity index (χ2v) is 10.1. The highest BCUT2D eigenvalue weighted by Gasteiger charge is 2.25. The van der Waals surface area contributed by atoms with Crippen molar-refractivity contribution in [2.24, 2.45) is 0 Å². The van der Waals surface area contributed by atoms with Gasteiger partial charge in [0.05, 0.1) is 13.6 Å². The topological polar surface area (TPSA) is 37.3 Å². The molecule has 1 aromatic carbocycles. The summed E-state index contributed by atoms with van der Waals surface area (Å²) < 4.78 is 0.913. The van der Waals surface area contributed by atoms with E-state index in [1.165, 1.54) is 0 Å². The number of aromatic carboxylic acids is 1. The smallest absolute Gasteiger partial charge is 0.335 e. The lowest BCUT2D eigenvalue weighted by molar-refractivity contribution is 0.0698. The van der Waals surface area contributed by atoms with E-state index in [1.54, 1.807) is 12.1 Å². The van der Waals surface area contributed by atoms with Gasteiger partial charge in [0, 0.05) is 4.47 Å². The average Bonchev–Trinajstić information content (AvgIpc) is 2.01. The Morgan fingerprint density at radius 1 is 1.36 bits per heavy atom. The number of carboxylic acid groups (broad SMARTS) is 1. The van der Waals surface area contributed by atoms with Gasteiger partial charge in [-0.15, -0.1) is 0 Å². The lowest BCUT2D eigenvalue weighted by Gasteiger charge is -2.20. The third kappa shape index (κ3) is 2.25. The van der Waals surface area contributed by atoms with Crippen LogP contribution in [0.5, 0.6) is 0 Å². The fourth-order valence-electron chi connectivity index (χ4n) is 1.46. The summed E-state index contributed by atoms with van der Waals surface area (Å²) in [5.74, 6) is -0.844. The van der Waals surface area contributed by atoms with E-state index in [4.69, 9.17) is 5.11 Å². The van der Waals surface area contributed by atoms with Gasteiger partial charge in [-0.05, 0) is 17.3 Å². The van der Waals surface area contributed by atoms with Crippen molar-refractivity contribution in [2.45, 2.75) is 19.6 Å². The van der Waals surface area contributed by atoms with Gasteiger partial charge in [0.25, 0.3) is 0 Å². The van der Waals surface area contributed by atoms with Crippen LogP contribution >= 0.6 is 15.9 Å². The molecule has 76 valence electrons. The van der Waals surface area contributed by atoms with Crippen LogP contribution in [0.4, 0.5) is 0 Å². The molecule has 0 saturated carbocycles.